The summed E-state index contributed by atoms with van der Waals surface area (Å²) in [5.41, 5.74) is 2.92. The van der Waals surface area contributed by atoms with Gasteiger partial charge in [0.2, 0.25) is 0 Å². The molecule has 0 saturated heterocycles. The van der Waals surface area contributed by atoms with Crippen LogP contribution in [0.3, 0.4) is 0 Å². The lowest BCUT2D eigenvalue weighted by Gasteiger charge is -2.30. The van der Waals surface area contributed by atoms with E-state index in [2.05, 4.69) is 13.2 Å². The van der Waals surface area contributed by atoms with Gasteiger partial charge in [-0.25, -0.2) is 9.59 Å². The molecule has 5 rings (SSSR count). The summed E-state index contributed by atoms with van der Waals surface area (Å²) in [6.07, 6.45) is 2.12. The van der Waals surface area contributed by atoms with E-state index in [-0.39, 0.29) is 0 Å². The Kier molecular flexibility index (Phi) is 4.22. The number of rotatable bonds is 4. The van der Waals surface area contributed by atoms with Crippen LogP contribution in [0.1, 0.15) is 11.1 Å². The van der Waals surface area contributed by atoms with Gasteiger partial charge in [0.1, 0.15) is 0 Å². The molecule has 1 aliphatic rings. The number of carbonyl (C=O) groups excluding carboxylic acids is 2. The SMILES string of the molecule is C=CC(=O)OC1(OC(=O)C=C)c2ccc3ccccc3c2-c2c1ccc1ccccc21. The highest BCUT2D eigenvalue weighted by atomic mass is 16.7. The van der Waals surface area contributed by atoms with Gasteiger partial charge in [0.15, 0.2) is 0 Å². The predicted octanol–water partition coefficient (Wildman–Crippen LogP) is 5.63. The number of hydrogen-bond donors (Lipinski definition) is 0. The van der Waals surface area contributed by atoms with E-state index in [1.807, 2.05) is 72.8 Å². The molecule has 4 nitrogen and oxygen atoms in total. The lowest BCUT2D eigenvalue weighted by Crippen LogP contribution is -2.36. The summed E-state index contributed by atoms with van der Waals surface area (Å²) < 4.78 is 11.6. The van der Waals surface area contributed by atoms with Gasteiger partial charge in [-0.3, -0.25) is 0 Å². The van der Waals surface area contributed by atoms with Crippen LogP contribution in [0, 0.1) is 0 Å². The highest BCUT2D eigenvalue weighted by Crippen LogP contribution is 2.55. The number of benzene rings is 4. The van der Waals surface area contributed by atoms with Gasteiger partial charge in [-0.1, -0.05) is 73.8 Å². The molecule has 4 aromatic carbocycles. The van der Waals surface area contributed by atoms with Crippen LogP contribution in [0.4, 0.5) is 0 Å². The molecule has 0 heterocycles. The zero-order valence-corrected chi connectivity index (χ0v) is 16.6. The zero-order chi connectivity index (χ0) is 21.6. The number of ether oxygens (including phenoxy) is 2. The third-order valence-electron chi connectivity index (χ3n) is 5.64. The lowest BCUT2D eigenvalue weighted by atomic mass is 9.94. The minimum atomic E-state index is -1.74. The van der Waals surface area contributed by atoms with Gasteiger partial charge in [-0.15, -0.1) is 0 Å². The van der Waals surface area contributed by atoms with Crippen LogP contribution in [0.2, 0.25) is 0 Å². The van der Waals surface area contributed by atoms with E-state index in [9.17, 15) is 9.59 Å². The Bertz CT molecular complexity index is 1300. The summed E-state index contributed by atoms with van der Waals surface area (Å²) in [5.74, 6) is -3.14. The summed E-state index contributed by atoms with van der Waals surface area (Å²) in [6.45, 7) is 7.02. The lowest BCUT2D eigenvalue weighted by molar-refractivity contribution is -0.210. The highest BCUT2D eigenvalue weighted by Gasteiger charge is 2.51. The first-order valence-electron chi connectivity index (χ1n) is 9.84. The van der Waals surface area contributed by atoms with Crippen LogP contribution in [-0.4, -0.2) is 11.9 Å². The minimum Gasteiger partial charge on any atom is -0.410 e. The molecule has 0 unspecified atom stereocenters. The second kappa shape index (κ2) is 6.96. The van der Waals surface area contributed by atoms with Crippen molar-refractivity contribution in [1.29, 1.82) is 0 Å². The third-order valence-corrected chi connectivity index (χ3v) is 5.64. The molecule has 0 fully saturated rings. The first-order chi connectivity index (χ1) is 15.1. The molecule has 0 atom stereocenters. The van der Waals surface area contributed by atoms with Gasteiger partial charge in [-0.2, -0.15) is 0 Å². The van der Waals surface area contributed by atoms with Gasteiger partial charge in [0.05, 0.1) is 0 Å². The topological polar surface area (TPSA) is 52.6 Å². The molecule has 4 aromatic rings. The molecular formula is C27H18O4. The molecule has 0 N–H and O–H groups in total. The van der Waals surface area contributed by atoms with Gasteiger partial charge >= 0.3 is 17.7 Å². The molecule has 0 amide bonds. The van der Waals surface area contributed by atoms with Crippen LogP contribution < -0.4 is 0 Å². The Morgan fingerprint density at radius 2 is 1.06 bits per heavy atom. The molecule has 0 aliphatic heterocycles. The quantitative estimate of drug-likeness (QED) is 0.250. The standard InChI is InChI=1S/C27H18O4/c1-3-23(28)30-27(31-24(29)4-2)21-15-13-17-9-5-7-11-19(17)25(21)26-20-12-8-6-10-18(20)14-16-22(26)27/h3-16H,1-2H2. The third kappa shape index (κ3) is 2.69. The van der Waals surface area contributed by atoms with Gasteiger partial charge in [0.25, 0.3) is 0 Å². The van der Waals surface area contributed by atoms with Crippen molar-refractivity contribution in [3.05, 3.63) is 109 Å². The van der Waals surface area contributed by atoms with Crippen molar-refractivity contribution >= 4 is 33.5 Å². The average molecular weight is 406 g/mol. The Morgan fingerprint density at radius 1 is 0.645 bits per heavy atom. The molecular weight excluding hydrogens is 388 g/mol. The van der Waals surface area contributed by atoms with E-state index in [0.29, 0.717) is 11.1 Å². The fourth-order valence-corrected chi connectivity index (χ4v) is 4.38. The van der Waals surface area contributed by atoms with Gasteiger partial charge in [0, 0.05) is 34.4 Å². The van der Waals surface area contributed by atoms with Crippen LogP contribution in [-0.2, 0) is 24.8 Å². The molecule has 0 spiro atoms. The largest absolute Gasteiger partial charge is 0.410 e. The van der Waals surface area contributed by atoms with Crippen molar-refractivity contribution in [3.63, 3.8) is 0 Å². The Morgan fingerprint density at radius 3 is 1.48 bits per heavy atom. The van der Waals surface area contributed by atoms with E-state index >= 15 is 0 Å². The Hall–Kier alpha value is -4.18. The maximum Gasteiger partial charge on any atom is 0.333 e. The zero-order valence-electron chi connectivity index (χ0n) is 16.6. The highest BCUT2D eigenvalue weighted by molar-refractivity contribution is 6.11. The van der Waals surface area contributed by atoms with E-state index in [1.54, 1.807) is 0 Å². The fraction of sp³-hybridized carbons (Fsp3) is 0.0370. The second-order valence-corrected chi connectivity index (χ2v) is 7.29. The van der Waals surface area contributed by atoms with Crippen molar-refractivity contribution in [1.82, 2.24) is 0 Å². The van der Waals surface area contributed by atoms with Crippen molar-refractivity contribution in [3.8, 4) is 11.1 Å². The van der Waals surface area contributed by atoms with Crippen molar-refractivity contribution in [2.45, 2.75) is 5.79 Å². The van der Waals surface area contributed by atoms with Crippen molar-refractivity contribution < 1.29 is 19.1 Å². The smallest absolute Gasteiger partial charge is 0.333 e. The van der Waals surface area contributed by atoms with Gasteiger partial charge < -0.3 is 9.47 Å². The molecule has 4 heteroatoms. The monoisotopic (exact) mass is 406 g/mol. The summed E-state index contributed by atoms with van der Waals surface area (Å²) in [5, 5.41) is 4.01. The van der Waals surface area contributed by atoms with Crippen molar-refractivity contribution in [2.24, 2.45) is 0 Å². The van der Waals surface area contributed by atoms with Crippen LogP contribution in [0.25, 0.3) is 32.7 Å². The van der Waals surface area contributed by atoms with E-state index in [0.717, 1.165) is 44.8 Å². The maximum absolute atomic E-state index is 12.4. The van der Waals surface area contributed by atoms with Crippen molar-refractivity contribution in [2.75, 3.05) is 0 Å². The Labute approximate surface area is 179 Å². The number of carbonyl (C=O) groups is 2. The molecule has 0 saturated carbocycles. The van der Waals surface area contributed by atoms with E-state index < -0.39 is 17.7 Å². The van der Waals surface area contributed by atoms with E-state index in [1.165, 1.54) is 0 Å². The van der Waals surface area contributed by atoms with Crippen LogP contribution >= 0.6 is 0 Å². The summed E-state index contributed by atoms with van der Waals surface area (Å²) >= 11 is 0. The van der Waals surface area contributed by atoms with E-state index in [4.69, 9.17) is 9.47 Å². The summed E-state index contributed by atoms with van der Waals surface area (Å²) in [4.78, 5) is 24.9. The maximum atomic E-state index is 12.4. The normalized spacial score (nSPS) is 13.3. The minimum absolute atomic E-state index is 0.586. The second-order valence-electron chi connectivity index (χ2n) is 7.29. The molecule has 0 bridgehead atoms. The predicted molar refractivity (Wildman–Crippen MR) is 120 cm³/mol. The Balaban J connectivity index is 1.97. The number of fused-ring (bicyclic) bond motifs is 7. The molecule has 31 heavy (non-hydrogen) atoms. The first-order valence-corrected chi connectivity index (χ1v) is 9.84. The molecule has 1 aliphatic carbocycles. The number of esters is 2. The molecule has 0 radical (unpaired) electrons. The summed E-state index contributed by atoms with van der Waals surface area (Å²) in [6, 6.07) is 23.5. The van der Waals surface area contributed by atoms with Crippen LogP contribution in [0.15, 0.2) is 98.1 Å². The first kappa shape index (κ1) is 18.8. The summed E-state index contributed by atoms with van der Waals surface area (Å²) in [7, 11) is 0. The average Bonchev–Trinajstić information content (AvgIpc) is 3.09. The molecule has 0 aromatic heterocycles. The molecule has 150 valence electrons. The van der Waals surface area contributed by atoms with Gasteiger partial charge in [-0.05, 0) is 33.7 Å². The number of hydrogen-bond acceptors (Lipinski definition) is 4. The fourth-order valence-electron chi connectivity index (χ4n) is 4.38. The van der Waals surface area contributed by atoms with Crippen LogP contribution in [0.5, 0.6) is 0 Å².